The fourth-order valence-electron chi connectivity index (χ4n) is 3.61. The van der Waals surface area contributed by atoms with Crippen LogP contribution < -0.4 is 0 Å². The van der Waals surface area contributed by atoms with Gasteiger partial charge in [-0.1, -0.05) is 71.0 Å². The number of phenols is 3. The van der Waals surface area contributed by atoms with Crippen LogP contribution in [0.5, 0.6) is 17.2 Å². The normalized spacial score (nSPS) is 10.5. The third-order valence-electron chi connectivity index (χ3n) is 5.59. The Morgan fingerprint density at radius 1 is 0.613 bits per heavy atom. The first-order chi connectivity index (χ1) is 14.8. The summed E-state index contributed by atoms with van der Waals surface area (Å²) in [5, 5.41) is 30.1. The molecule has 0 atom stereocenters. The Morgan fingerprint density at radius 2 is 0.968 bits per heavy atom. The summed E-state index contributed by atoms with van der Waals surface area (Å²) < 4.78 is 0. The molecule has 0 aromatic heterocycles. The van der Waals surface area contributed by atoms with Crippen LogP contribution in [0, 0.1) is 13.8 Å². The van der Waals surface area contributed by atoms with Gasteiger partial charge in [-0.2, -0.15) is 0 Å². The Hall–Kier alpha value is -2.94. The van der Waals surface area contributed by atoms with Crippen LogP contribution >= 0.6 is 0 Å². The van der Waals surface area contributed by atoms with Gasteiger partial charge in [-0.25, -0.2) is 0 Å². The average Bonchev–Trinajstić information content (AvgIpc) is 2.80. The fourth-order valence-corrected chi connectivity index (χ4v) is 3.61. The van der Waals surface area contributed by atoms with Crippen molar-refractivity contribution in [2.75, 3.05) is 0 Å². The molecule has 168 valence electrons. The Kier molecular flexibility index (Phi) is 9.64. The molecule has 3 N–H and O–H groups in total. The third kappa shape index (κ3) is 5.41. The highest BCUT2D eigenvalue weighted by atomic mass is 16.3. The number of hydrogen-bond acceptors (Lipinski definition) is 3. The Bertz CT molecular complexity index is 938. The van der Waals surface area contributed by atoms with Crippen molar-refractivity contribution in [3.05, 3.63) is 88.0 Å². The number of aromatic hydroxyl groups is 3. The topological polar surface area (TPSA) is 60.7 Å². The molecule has 0 saturated heterocycles. The third-order valence-corrected chi connectivity index (χ3v) is 5.59. The smallest absolute Gasteiger partial charge is 0.118 e. The van der Waals surface area contributed by atoms with Gasteiger partial charge in [-0.05, 0) is 78.8 Å². The van der Waals surface area contributed by atoms with Crippen molar-refractivity contribution >= 4 is 0 Å². The number of aryl methyl sites for hydroxylation is 3. The lowest BCUT2D eigenvalue weighted by Crippen LogP contribution is -2.26. The summed E-state index contributed by atoms with van der Waals surface area (Å²) in [5.74, 6) is 0.832. The molecule has 0 aliphatic carbocycles. The van der Waals surface area contributed by atoms with Gasteiger partial charge in [0.1, 0.15) is 17.2 Å². The van der Waals surface area contributed by atoms with E-state index in [4.69, 9.17) is 0 Å². The second-order valence-electron chi connectivity index (χ2n) is 7.32. The Labute approximate surface area is 188 Å². The minimum absolute atomic E-state index is 0.267. The molecule has 0 radical (unpaired) electrons. The predicted octanol–water partition coefficient (Wildman–Crippen LogP) is 7.39. The molecular formula is C28H38O3. The number of rotatable bonds is 4. The number of benzene rings is 3. The van der Waals surface area contributed by atoms with Crippen LogP contribution in [0.3, 0.4) is 0 Å². The quantitative estimate of drug-likeness (QED) is 0.384. The Balaban J connectivity index is 0.00000113. The summed E-state index contributed by atoms with van der Waals surface area (Å²) >= 11 is 0. The summed E-state index contributed by atoms with van der Waals surface area (Å²) in [7, 11) is 0. The maximum atomic E-state index is 10.1. The van der Waals surface area contributed by atoms with E-state index in [2.05, 4.69) is 6.92 Å². The second kappa shape index (κ2) is 11.5. The van der Waals surface area contributed by atoms with Crippen molar-refractivity contribution in [3.8, 4) is 17.2 Å². The first-order valence-electron chi connectivity index (χ1n) is 11.2. The van der Waals surface area contributed by atoms with Gasteiger partial charge in [0, 0.05) is 5.41 Å². The van der Waals surface area contributed by atoms with E-state index in [0.717, 1.165) is 39.8 Å². The largest absolute Gasteiger partial charge is 0.508 e. The minimum atomic E-state index is -0.505. The lowest BCUT2D eigenvalue weighted by Gasteiger charge is -2.33. The van der Waals surface area contributed by atoms with E-state index in [1.807, 2.05) is 84.9 Å². The number of phenolic OH excluding ortho intramolecular Hbond substituents is 3. The minimum Gasteiger partial charge on any atom is -0.508 e. The molecule has 31 heavy (non-hydrogen) atoms. The van der Waals surface area contributed by atoms with Crippen molar-refractivity contribution in [2.24, 2.45) is 0 Å². The summed E-state index contributed by atoms with van der Waals surface area (Å²) in [6, 6.07) is 17.0. The highest BCUT2D eigenvalue weighted by Crippen LogP contribution is 2.42. The monoisotopic (exact) mass is 422 g/mol. The SMILES string of the molecule is CC.CC.CCc1cc(C(C)(c2ccc(O)c(C)c2)c2ccc(O)c(C)c2)ccc1O. The molecule has 3 nitrogen and oxygen atoms in total. The zero-order chi connectivity index (χ0) is 23.8. The van der Waals surface area contributed by atoms with Gasteiger partial charge in [0.2, 0.25) is 0 Å². The summed E-state index contributed by atoms with van der Waals surface area (Å²) in [4.78, 5) is 0. The van der Waals surface area contributed by atoms with Gasteiger partial charge in [0.25, 0.3) is 0 Å². The zero-order valence-electron chi connectivity index (χ0n) is 20.2. The van der Waals surface area contributed by atoms with E-state index in [9.17, 15) is 15.3 Å². The van der Waals surface area contributed by atoms with Crippen LogP contribution in [0.1, 0.15) is 74.9 Å². The summed E-state index contributed by atoms with van der Waals surface area (Å²) in [6.45, 7) is 15.9. The molecule has 3 aromatic rings. The van der Waals surface area contributed by atoms with Crippen molar-refractivity contribution in [3.63, 3.8) is 0 Å². The molecule has 3 aromatic carbocycles. The summed E-state index contributed by atoms with van der Waals surface area (Å²) in [5.41, 5.74) is 5.13. The van der Waals surface area contributed by atoms with Crippen molar-refractivity contribution in [2.45, 2.75) is 67.2 Å². The molecule has 0 spiro atoms. The number of hydrogen-bond donors (Lipinski definition) is 3. The maximum absolute atomic E-state index is 10.1. The van der Waals surface area contributed by atoms with E-state index in [0.29, 0.717) is 5.75 Å². The lowest BCUT2D eigenvalue weighted by molar-refractivity contribution is 0.468. The van der Waals surface area contributed by atoms with Gasteiger partial charge < -0.3 is 15.3 Å². The fraction of sp³-hybridized carbons (Fsp3) is 0.357. The van der Waals surface area contributed by atoms with Gasteiger partial charge in [0.05, 0.1) is 0 Å². The lowest BCUT2D eigenvalue weighted by atomic mass is 9.70. The molecule has 0 heterocycles. The van der Waals surface area contributed by atoms with E-state index in [-0.39, 0.29) is 11.5 Å². The van der Waals surface area contributed by atoms with E-state index in [1.54, 1.807) is 18.2 Å². The molecule has 0 unspecified atom stereocenters. The van der Waals surface area contributed by atoms with E-state index < -0.39 is 5.41 Å². The highest BCUT2D eigenvalue weighted by Gasteiger charge is 2.32. The average molecular weight is 423 g/mol. The molecule has 0 bridgehead atoms. The predicted molar refractivity (Wildman–Crippen MR) is 131 cm³/mol. The van der Waals surface area contributed by atoms with Crippen molar-refractivity contribution in [1.82, 2.24) is 0 Å². The first-order valence-corrected chi connectivity index (χ1v) is 11.2. The van der Waals surface area contributed by atoms with Crippen LogP contribution in [0.15, 0.2) is 54.6 Å². The van der Waals surface area contributed by atoms with Crippen molar-refractivity contribution < 1.29 is 15.3 Å². The first kappa shape index (κ1) is 26.1. The van der Waals surface area contributed by atoms with E-state index in [1.165, 1.54) is 0 Å². The second-order valence-corrected chi connectivity index (χ2v) is 7.32. The molecular weight excluding hydrogens is 384 g/mol. The molecule has 0 aliphatic rings. The molecule has 3 rings (SSSR count). The zero-order valence-corrected chi connectivity index (χ0v) is 20.2. The van der Waals surface area contributed by atoms with Crippen molar-refractivity contribution in [1.29, 1.82) is 0 Å². The molecule has 0 saturated carbocycles. The van der Waals surface area contributed by atoms with E-state index >= 15 is 0 Å². The molecule has 0 fully saturated rings. The highest BCUT2D eigenvalue weighted by molar-refractivity contribution is 5.55. The van der Waals surface area contributed by atoms with Gasteiger partial charge >= 0.3 is 0 Å². The van der Waals surface area contributed by atoms with Gasteiger partial charge in [-0.3, -0.25) is 0 Å². The Morgan fingerprint density at radius 3 is 1.32 bits per heavy atom. The summed E-state index contributed by atoms with van der Waals surface area (Å²) in [6.07, 6.45) is 0.735. The van der Waals surface area contributed by atoms with Crippen LogP contribution in [0.2, 0.25) is 0 Å². The standard InChI is InChI=1S/C24H26O3.2C2H6/c1-5-17-14-20(8-11-23(17)27)24(4,18-6-9-21(25)15(2)12-18)19-7-10-22(26)16(3)13-19;2*1-2/h6-14,25-27H,5H2,1-4H3;2*1-2H3. The molecule has 3 heteroatoms. The van der Waals surface area contributed by atoms with Crippen LogP contribution in [-0.4, -0.2) is 15.3 Å². The maximum Gasteiger partial charge on any atom is 0.118 e. The molecule has 0 amide bonds. The van der Waals surface area contributed by atoms with Crippen LogP contribution in [-0.2, 0) is 11.8 Å². The molecule has 0 aliphatic heterocycles. The van der Waals surface area contributed by atoms with Gasteiger partial charge in [0.15, 0.2) is 0 Å². The van der Waals surface area contributed by atoms with Crippen LogP contribution in [0.4, 0.5) is 0 Å². The van der Waals surface area contributed by atoms with Crippen LogP contribution in [0.25, 0.3) is 0 Å². The van der Waals surface area contributed by atoms with Gasteiger partial charge in [-0.15, -0.1) is 0 Å².